The SMILES string of the molecule is CCN(CCN(C)C)C(=O)c1cc(C(F)(F)F)ccc1Oc1ccc(-c2cccc(CCO)n2)cc1. The number of halogens is 3. The lowest BCUT2D eigenvalue weighted by atomic mass is 10.1. The van der Waals surface area contributed by atoms with Crippen molar-refractivity contribution in [2.24, 2.45) is 0 Å². The molecule has 0 fully saturated rings. The Hall–Kier alpha value is -3.43. The van der Waals surface area contributed by atoms with Crippen LogP contribution in [-0.4, -0.2) is 66.1 Å². The average Bonchev–Trinajstić information content (AvgIpc) is 2.84. The Morgan fingerprint density at radius 3 is 2.36 bits per heavy atom. The maximum absolute atomic E-state index is 13.4. The second-order valence-electron chi connectivity index (χ2n) is 8.51. The lowest BCUT2D eigenvalue weighted by Gasteiger charge is -2.24. The molecule has 0 aliphatic rings. The van der Waals surface area contributed by atoms with E-state index >= 15 is 0 Å². The molecule has 0 saturated carbocycles. The van der Waals surface area contributed by atoms with Gasteiger partial charge in [-0.25, -0.2) is 0 Å². The van der Waals surface area contributed by atoms with Gasteiger partial charge in [-0.1, -0.05) is 6.07 Å². The Balaban J connectivity index is 1.90. The van der Waals surface area contributed by atoms with Crippen molar-refractivity contribution in [3.63, 3.8) is 0 Å². The van der Waals surface area contributed by atoms with E-state index in [0.29, 0.717) is 31.8 Å². The third kappa shape index (κ3) is 7.05. The lowest BCUT2D eigenvalue weighted by Crippen LogP contribution is -2.36. The van der Waals surface area contributed by atoms with Gasteiger partial charge in [-0.2, -0.15) is 13.2 Å². The van der Waals surface area contributed by atoms with Gasteiger partial charge in [0.05, 0.1) is 16.8 Å². The fraction of sp³-hybridized carbons (Fsp3) is 0.333. The minimum Gasteiger partial charge on any atom is -0.457 e. The van der Waals surface area contributed by atoms with E-state index in [0.717, 1.165) is 29.1 Å². The van der Waals surface area contributed by atoms with Crippen LogP contribution in [0.2, 0.25) is 0 Å². The number of benzene rings is 2. The third-order valence-electron chi connectivity index (χ3n) is 5.58. The Bertz CT molecular complexity index is 1160. The molecule has 3 aromatic rings. The predicted molar refractivity (Wildman–Crippen MR) is 132 cm³/mol. The molecule has 1 amide bonds. The van der Waals surface area contributed by atoms with Gasteiger partial charge in [-0.05, 0) is 75.6 Å². The highest BCUT2D eigenvalue weighted by atomic mass is 19.4. The van der Waals surface area contributed by atoms with Crippen LogP contribution in [0.4, 0.5) is 13.2 Å². The van der Waals surface area contributed by atoms with Gasteiger partial charge < -0.3 is 19.6 Å². The fourth-order valence-corrected chi connectivity index (χ4v) is 3.57. The minimum absolute atomic E-state index is 0.00200. The summed E-state index contributed by atoms with van der Waals surface area (Å²) >= 11 is 0. The molecule has 192 valence electrons. The summed E-state index contributed by atoms with van der Waals surface area (Å²) in [5, 5.41) is 9.14. The summed E-state index contributed by atoms with van der Waals surface area (Å²) in [4.78, 5) is 21.1. The highest BCUT2D eigenvalue weighted by Crippen LogP contribution is 2.35. The zero-order chi connectivity index (χ0) is 26.3. The minimum atomic E-state index is -4.59. The number of aromatic nitrogens is 1. The van der Waals surface area contributed by atoms with E-state index in [9.17, 15) is 18.0 Å². The molecule has 0 unspecified atom stereocenters. The highest BCUT2D eigenvalue weighted by Gasteiger charge is 2.33. The lowest BCUT2D eigenvalue weighted by molar-refractivity contribution is -0.137. The third-order valence-corrected chi connectivity index (χ3v) is 5.58. The summed E-state index contributed by atoms with van der Waals surface area (Å²) < 4.78 is 46.1. The van der Waals surface area contributed by atoms with Gasteiger partial charge in [0.15, 0.2) is 0 Å². The van der Waals surface area contributed by atoms with Crippen LogP contribution in [0, 0.1) is 0 Å². The number of hydrogen-bond donors (Lipinski definition) is 1. The van der Waals surface area contributed by atoms with Crippen LogP contribution in [0.25, 0.3) is 11.3 Å². The van der Waals surface area contributed by atoms with Crippen LogP contribution in [0.5, 0.6) is 11.5 Å². The van der Waals surface area contributed by atoms with E-state index in [-0.39, 0.29) is 17.9 Å². The Morgan fingerprint density at radius 1 is 1.03 bits per heavy atom. The summed E-state index contributed by atoms with van der Waals surface area (Å²) in [6.45, 7) is 3.07. The number of pyridine rings is 1. The van der Waals surface area contributed by atoms with E-state index in [1.165, 1.54) is 11.0 Å². The smallest absolute Gasteiger partial charge is 0.416 e. The number of nitrogens with zero attached hydrogens (tertiary/aromatic N) is 3. The molecule has 1 aromatic heterocycles. The topological polar surface area (TPSA) is 65.9 Å². The van der Waals surface area contributed by atoms with Crippen molar-refractivity contribution in [3.05, 3.63) is 77.5 Å². The Labute approximate surface area is 209 Å². The molecule has 0 aliphatic carbocycles. The molecule has 9 heteroatoms. The molecular formula is C27H30F3N3O3. The first-order chi connectivity index (χ1) is 17.1. The van der Waals surface area contributed by atoms with Gasteiger partial charge in [0.25, 0.3) is 5.91 Å². The van der Waals surface area contributed by atoms with Crippen LogP contribution in [0.3, 0.4) is 0 Å². The number of ether oxygens (including phenoxy) is 1. The second-order valence-corrected chi connectivity index (χ2v) is 8.51. The van der Waals surface area contributed by atoms with Crippen LogP contribution in [0.15, 0.2) is 60.7 Å². The van der Waals surface area contributed by atoms with Gasteiger partial charge in [-0.15, -0.1) is 0 Å². The van der Waals surface area contributed by atoms with Crippen molar-refractivity contribution in [2.75, 3.05) is 40.3 Å². The number of aliphatic hydroxyl groups excluding tert-OH is 1. The molecular weight excluding hydrogens is 471 g/mol. The molecule has 3 rings (SSSR count). The second kappa shape index (κ2) is 12.0. The molecule has 1 heterocycles. The number of alkyl halides is 3. The van der Waals surface area contributed by atoms with Crippen molar-refractivity contribution in [1.29, 1.82) is 0 Å². The number of hydrogen-bond acceptors (Lipinski definition) is 5. The standard InChI is InChI=1S/C27H30F3N3O3/c1-4-33(16-15-32(2)3)26(35)23-18-20(27(28,29)30)10-13-25(23)36-22-11-8-19(9-12-22)24-7-5-6-21(31-24)14-17-34/h5-13,18,34H,4,14-17H2,1-3H3. The molecule has 0 saturated heterocycles. The van der Waals surface area contributed by atoms with Gasteiger partial charge >= 0.3 is 6.18 Å². The molecule has 0 aliphatic heterocycles. The normalized spacial score (nSPS) is 11.6. The van der Waals surface area contributed by atoms with Crippen molar-refractivity contribution in [1.82, 2.24) is 14.8 Å². The molecule has 36 heavy (non-hydrogen) atoms. The zero-order valence-electron chi connectivity index (χ0n) is 20.5. The number of carbonyl (C=O) groups excluding carboxylic acids is 1. The van der Waals surface area contributed by atoms with E-state index in [4.69, 9.17) is 9.84 Å². The van der Waals surface area contributed by atoms with E-state index < -0.39 is 17.6 Å². The average molecular weight is 502 g/mol. The van der Waals surface area contributed by atoms with Gasteiger partial charge in [0.1, 0.15) is 11.5 Å². The predicted octanol–water partition coefficient (Wildman–Crippen LogP) is 5.12. The number of amides is 1. The number of aliphatic hydroxyl groups is 1. The first-order valence-electron chi connectivity index (χ1n) is 11.6. The quantitative estimate of drug-likeness (QED) is 0.418. The first kappa shape index (κ1) is 27.2. The van der Waals surface area contributed by atoms with Crippen molar-refractivity contribution < 1.29 is 27.8 Å². The summed E-state index contributed by atoms with van der Waals surface area (Å²) in [5.74, 6) is -0.107. The van der Waals surface area contributed by atoms with Crippen molar-refractivity contribution in [3.8, 4) is 22.8 Å². The maximum atomic E-state index is 13.4. The maximum Gasteiger partial charge on any atom is 0.416 e. The Kier molecular flexibility index (Phi) is 9.06. The number of carbonyl (C=O) groups is 1. The van der Waals surface area contributed by atoms with Crippen LogP contribution < -0.4 is 4.74 Å². The molecule has 0 bridgehead atoms. The molecule has 2 aromatic carbocycles. The summed E-state index contributed by atoms with van der Waals surface area (Å²) in [6.07, 6.45) is -4.14. The number of likely N-dealkylation sites (N-methyl/N-ethyl adjacent to an activating group) is 2. The molecule has 1 N–H and O–H groups in total. The molecule has 0 atom stereocenters. The summed E-state index contributed by atoms with van der Waals surface area (Å²) in [7, 11) is 3.72. The van der Waals surface area contributed by atoms with E-state index in [1.54, 1.807) is 31.2 Å². The fourth-order valence-electron chi connectivity index (χ4n) is 3.57. The van der Waals surface area contributed by atoms with Gasteiger partial charge in [0, 0.05) is 43.9 Å². The first-order valence-corrected chi connectivity index (χ1v) is 11.6. The van der Waals surface area contributed by atoms with Crippen molar-refractivity contribution in [2.45, 2.75) is 19.5 Å². The van der Waals surface area contributed by atoms with Crippen molar-refractivity contribution >= 4 is 5.91 Å². The van der Waals surface area contributed by atoms with Gasteiger partial charge in [-0.3, -0.25) is 9.78 Å². The van der Waals surface area contributed by atoms with Gasteiger partial charge in [0.2, 0.25) is 0 Å². The number of rotatable bonds is 10. The Morgan fingerprint density at radius 2 is 1.75 bits per heavy atom. The molecule has 0 radical (unpaired) electrons. The molecule has 6 nitrogen and oxygen atoms in total. The van der Waals surface area contributed by atoms with E-state index in [2.05, 4.69) is 4.98 Å². The summed E-state index contributed by atoms with van der Waals surface area (Å²) in [5.41, 5.74) is 1.24. The zero-order valence-corrected chi connectivity index (χ0v) is 20.5. The van der Waals surface area contributed by atoms with Crippen LogP contribution >= 0.6 is 0 Å². The largest absolute Gasteiger partial charge is 0.457 e. The monoisotopic (exact) mass is 501 g/mol. The highest BCUT2D eigenvalue weighted by molar-refractivity contribution is 5.97. The summed E-state index contributed by atoms with van der Waals surface area (Å²) in [6, 6.07) is 15.4. The van der Waals surface area contributed by atoms with E-state index in [1.807, 2.05) is 37.2 Å². The van der Waals surface area contributed by atoms with Crippen LogP contribution in [-0.2, 0) is 12.6 Å². The van der Waals surface area contributed by atoms with Crippen LogP contribution in [0.1, 0.15) is 28.5 Å². The molecule has 0 spiro atoms.